The SMILES string of the molecule is O=C(/C=C/c1ccccc1)N1CCN(S(=O)(=O)c2ccc(Br)cc2)CC1. The summed E-state index contributed by atoms with van der Waals surface area (Å²) in [5.74, 6) is -0.102. The molecule has 0 aliphatic carbocycles. The average molecular weight is 435 g/mol. The van der Waals surface area contributed by atoms with Crippen molar-refractivity contribution in [1.29, 1.82) is 0 Å². The van der Waals surface area contributed by atoms with E-state index in [-0.39, 0.29) is 10.8 Å². The zero-order chi connectivity index (χ0) is 18.6. The molecule has 0 N–H and O–H groups in total. The third-order valence-electron chi connectivity index (χ3n) is 4.22. The molecule has 0 unspecified atom stereocenters. The van der Waals surface area contributed by atoms with Crippen molar-refractivity contribution in [3.8, 4) is 0 Å². The first-order valence-corrected chi connectivity index (χ1v) is 10.5. The maximum atomic E-state index is 12.7. The van der Waals surface area contributed by atoms with E-state index in [4.69, 9.17) is 0 Å². The van der Waals surface area contributed by atoms with Gasteiger partial charge in [-0.05, 0) is 35.9 Å². The fourth-order valence-corrected chi connectivity index (χ4v) is 4.43. The highest BCUT2D eigenvalue weighted by Crippen LogP contribution is 2.20. The second-order valence-electron chi connectivity index (χ2n) is 5.93. The minimum Gasteiger partial charge on any atom is -0.337 e. The Balaban J connectivity index is 1.61. The van der Waals surface area contributed by atoms with Crippen molar-refractivity contribution >= 4 is 37.9 Å². The van der Waals surface area contributed by atoms with Gasteiger partial charge in [0.2, 0.25) is 15.9 Å². The van der Waals surface area contributed by atoms with Crippen molar-refractivity contribution in [3.05, 3.63) is 70.7 Å². The Hall–Kier alpha value is -1.96. The van der Waals surface area contributed by atoms with Gasteiger partial charge in [0.05, 0.1) is 4.90 Å². The predicted octanol–water partition coefficient (Wildman–Crippen LogP) is 3.00. The number of halogens is 1. The highest BCUT2D eigenvalue weighted by molar-refractivity contribution is 9.10. The van der Waals surface area contributed by atoms with Crippen LogP contribution in [0.2, 0.25) is 0 Å². The molecule has 2 aromatic rings. The van der Waals surface area contributed by atoms with Crippen molar-refractivity contribution in [2.24, 2.45) is 0 Å². The Kier molecular flexibility index (Phi) is 5.90. The van der Waals surface area contributed by atoms with Gasteiger partial charge in [-0.15, -0.1) is 0 Å². The molecule has 7 heteroatoms. The molecule has 136 valence electrons. The molecule has 2 aromatic carbocycles. The summed E-state index contributed by atoms with van der Waals surface area (Å²) in [5.41, 5.74) is 0.956. The first-order chi connectivity index (χ1) is 12.5. The molecule has 26 heavy (non-hydrogen) atoms. The van der Waals surface area contributed by atoms with Gasteiger partial charge in [0, 0.05) is 36.7 Å². The van der Waals surface area contributed by atoms with Crippen LogP contribution in [-0.4, -0.2) is 49.7 Å². The van der Waals surface area contributed by atoms with Gasteiger partial charge in [0.15, 0.2) is 0 Å². The average Bonchev–Trinajstić information content (AvgIpc) is 2.67. The Morgan fingerprint density at radius 1 is 0.923 bits per heavy atom. The summed E-state index contributed by atoms with van der Waals surface area (Å²) < 4.78 is 27.6. The largest absolute Gasteiger partial charge is 0.337 e. The number of hydrogen-bond donors (Lipinski definition) is 0. The van der Waals surface area contributed by atoms with Crippen molar-refractivity contribution in [2.75, 3.05) is 26.2 Å². The van der Waals surface area contributed by atoms with Gasteiger partial charge >= 0.3 is 0 Å². The predicted molar refractivity (Wildman–Crippen MR) is 105 cm³/mol. The lowest BCUT2D eigenvalue weighted by atomic mass is 10.2. The molecule has 1 heterocycles. The van der Waals surface area contributed by atoms with Crippen molar-refractivity contribution < 1.29 is 13.2 Å². The molecule has 1 aliphatic rings. The second kappa shape index (κ2) is 8.16. The molecule has 5 nitrogen and oxygen atoms in total. The van der Waals surface area contributed by atoms with Crippen LogP contribution in [0.5, 0.6) is 0 Å². The first kappa shape index (κ1) is 18.8. The minimum absolute atomic E-state index is 0.102. The van der Waals surface area contributed by atoms with Gasteiger partial charge in [-0.2, -0.15) is 4.31 Å². The van der Waals surface area contributed by atoms with Crippen molar-refractivity contribution in [2.45, 2.75) is 4.90 Å². The van der Waals surface area contributed by atoms with E-state index in [0.717, 1.165) is 10.0 Å². The van der Waals surface area contributed by atoms with Gasteiger partial charge < -0.3 is 4.90 Å². The quantitative estimate of drug-likeness (QED) is 0.694. The molecule has 0 spiro atoms. The van der Waals surface area contributed by atoms with Crippen LogP contribution < -0.4 is 0 Å². The lowest BCUT2D eigenvalue weighted by molar-refractivity contribution is -0.127. The molecule has 1 fully saturated rings. The molecule has 1 saturated heterocycles. The number of benzene rings is 2. The van der Waals surface area contributed by atoms with E-state index in [0.29, 0.717) is 26.2 Å². The Bertz CT molecular complexity index is 888. The van der Waals surface area contributed by atoms with Crippen LogP contribution in [-0.2, 0) is 14.8 Å². The van der Waals surface area contributed by atoms with Crippen LogP contribution >= 0.6 is 15.9 Å². The lowest BCUT2D eigenvalue weighted by Gasteiger charge is -2.33. The smallest absolute Gasteiger partial charge is 0.246 e. The number of rotatable bonds is 4. The topological polar surface area (TPSA) is 57.7 Å². The van der Waals surface area contributed by atoms with Crippen LogP contribution in [0.1, 0.15) is 5.56 Å². The zero-order valence-electron chi connectivity index (χ0n) is 14.1. The highest BCUT2D eigenvalue weighted by atomic mass is 79.9. The maximum absolute atomic E-state index is 12.7. The lowest BCUT2D eigenvalue weighted by Crippen LogP contribution is -2.50. The summed E-state index contributed by atoms with van der Waals surface area (Å²) >= 11 is 3.30. The normalized spacial score (nSPS) is 16.1. The van der Waals surface area contributed by atoms with Gasteiger partial charge in [-0.3, -0.25) is 4.79 Å². The van der Waals surface area contributed by atoms with Gasteiger partial charge in [0.1, 0.15) is 0 Å². The van der Waals surface area contributed by atoms with Crippen LogP contribution in [0.3, 0.4) is 0 Å². The van der Waals surface area contributed by atoms with E-state index in [1.165, 1.54) is 10.4 Å². The Labute approximate surface area is 162 Å². The van der Waals surface area contributed by atoms with E-state index in [2.05, 4.69) is 15.9 Å². The number of carbonyl (C=O) groups excluding carboxylic acids is 1. The van der Waals surface area contributed by atoms with Crippen LogP contribution in [0, 0.1) is 0 Å². The highest BCUT2D eigenvalue weighted by Gasteiger charge is 2.29. The van der Waals surface area contributed by atoms with E-state index >= 15 is 0 Å². The number of nitrogens with zero attached hydrogens (tertiary/aromatic N) is 2. The standard InChI is InChI=1S/C19H19BrN2O3S/c20-17-7-9-18(10-8-17)26(24,25)22-14-12-21(13-15-22)19(23)11-6-16-4-2-1-3-5-16/h1-11H,12-15H2/b11-6+. The van der Waals surface area contributed by atoms with E-state index in [1.807, 2.05) is 30.3 Å². The zero-order valence-corrected chi connectivity index (χ0v) is 16.5. The van der Waals surface area contributed by atoms with E-state index in [9.17, 15) is 13.2 Å². The molecule has 3 rings (SSSR count). The summed E-state index contributed by atoms with van der Waals surface area (Å²) in [6, 6.07) is 16.2. The maximum Gasteiger partial charge on any atom is 0.246 e. The molecular weight excluding hydrogens is 416 g/mol. The summed E-state index contributed by atoms with van der Waals surface area (Å²) in [6.45, 7) is 1.36. The molecule has 0 saturated carbocycles. The van der Waals surface area contributed by atoms with Crippen LogP contribution in [0.4, 0.5) is 0 Å². The number of amides is 1. The van der Waals surface area contributed by atoms with Gasteiger partial charge in [-0.1, -0.05) is 46.3 Å². The molecular formula is C19H19BrN2O3S. The summed E-state index contributed by atoms with van der Waals surface area (Å²) in [6.07, 6.45) is 3.31. The number of sulfonamides is 1. The third kappa shape index (κ3) is 4.41. The number of hydrogen-bond acceptors (Lipinski definition) is 3. The molecule has 0 aromatic heterocycles. The van der Waals surface area contributed by atoms with Crippen molar-refractivity contribution in [1.82, 2.24) is 9.21 Å². The molecule has 1 aliphatic heterocycles. The van der Waals surface area contributed by atoms with E-state index < -0.39 is 10.0 Å². The molecule has 0 radical (unpaired) electrons. The first-order valence-electron chi connectivity index (χ1n) is 8.24. The summed E-state index contributed by atoms with van der Waals surface area (Å²) in [4.78, 5) is 14.2. The fraction of sp³-hybridized carbons (Fsp3) is 0.211. The molecule has 0 atom stereocenters. The van der Waals surface area contributed by atoms with Crippen LogP contribution in [0.25, 0.3) is 6.08 Å². The van der Waals surface area contributed by atoms with Crippen LogP contribution in [0.15, 0.2) is 70.0 Å². The Morgan fingerprint density at radius 2 is 1.54 bits per heavy atom. The third-order valence-corrected chi connectivity index (χ3v) is 6.66. The van der Waals surface area contributed by atoms with E-state index in [1.54, 1.807) is 35.2 Å². The molecule has 1 amide bonds. The molecule has 0 bridgehead atoms. The summed E-state index contributed by atoms with van der Waals surface area (Å²) in [5, 5.41) is 0. The minimum atomic E-state index is -3.53. The van der Waals surface area contributed by atoms with Gasteiger partial charge in [0.25, 0.3) is 0 Å². The summed E-state index contributed by atoms with van der Waals surface area (Å²) in [7, 11) is -3.53. The van der Waals surface area contributed by atoms with Crippen molar-refractivity contribution in [3.63, 3.8) is 0 Å². The van der Waals surface area contributed by atoms with Gasteiger partial charge in [-0.25, -0.2) is 8.42 Å². The second-order valence-corrected chi connectivity index (χ2v) is 8.78. The monoisotopic (exact) mass is 434 g/mol. The Morgan fingerprint density at radius 3 is 2.15 bits per heavy atom. The number of carbonyl (C=O) groups is 1. The fourth-order valence-electron chi connectivity index (χ4n) is 2.74. The number of piperazine rings is 1.